The van der Waals surface area contributed by atoms with Crippen LogP contribution in [0.3, 0.4) is 0 Å². The number of anilines is 1. The van der Waals surface area contributed by atoms with E-state index in [-0.39, 0.29) is 23.0 Å². The van der Waals surface area contributed by atoms with E-state index in [4.69, 9.17) is 5.11 Å². The van der Waals surface area contributed by atoms with Gasteiger partial charge in [-0.05, 0) is 45.0 Å². The molecule has 1 aliphatic rings. The number of hydrogen-bond donors (Lipinski definition) is 2. The summed E-state index contributed by atoms with van der Waals surface area (Å²) in [6, 6.07) is 4.55. The summed E-state index contributed by atoms with van der Waals surface area (Å²) >= 11 is 0. The summed E-state index contributed by atoms with van der Waals surface area (Å²) in [5.74, 6) is -1.29. The molecule has 1 heterocycles. The maximum absolute atomic E-state index is 11.1. The third-order valence-corrected chi connectivity index (χ3v) is 3.80. The monoisotopic (exact) mass is 293 g/mol. The number of likely N-dealkylation sites (tertiary alicyclic amines) is 1. The standard InChI is InChI=1S/C14H19N3O4/c1-10(16-7-2-3-8-16)9-15-12-6-4-5-11(14(18)19)13(12)17(20)21/h4-6,10,15H,2-3,7-9H2,1H3,(H,18,19). The van der Waals surface area contributed by atoms with Gasteiger partial charge in [0.15, 0.2) is 0 Å². The van der Waals surface area contributed by atoms with Crippen molar-refractivity contribution in [2.45, 2.75) is 25.8 Å². The number of rotatable bonds is 6. The van der Waals surface area contributed by atoms with Crippen molar-refractivity contribution in [1.29, 1.82) is 0 Å². The Labute approximate surface area is 122 Å². The maximum Gasteiger partial charge on any atom is 0.342 e. The minimum atomic E-state index is -1.29. The van der Waals surface area contributed by atoms with Crippen molar-refractivity contribution < 1.29 is 14.8 Å². The second-order valence-corrected chi connectivity index (χ2v) is 5.24. The Morgan fingerprint density at radius 1 is 1.48 bits per heavy atom. The molecule has 1 fully saturated rings. The normalized spacial score (nSPS) is 16.6. The molecule has 1 atom stereocenters. The van der Waals surface area contributed by atoms with Gasteiger partial charge in [-0.2, -0.15) is 0 Å². The van der Waals surface area contributed by atoms with Gasteiger partial charge in [0.05, 0.1) is 4.92 Å². The molecule has 0 aliphatic carbocycles. The Bertz CT molecular complexity index is 541. The van der Waals surface area contributed by atoms with Gasteiger partial charge in [-0.1, -0.05) is 6.07 Å². The van der Waals surface area contributed by atoms with Crippen molar-refractivity contribution in [3.8, 4) is 0 Å². The molecule has 1 unspecified atom stereocenters. The predicted octanol–water partition coefficient (Wildman–Crippen LogP) is 2.19. The molecule has 1 aromatic carbocycles. The highest BCUT2D eigenvalue weighted by atomic mass is 16.6. The van der Waals surface area contributed by atoms with Gasteiger partial charge in [0, 0.05) is 12.6 Å². The molecule has 7 heteroatoms. The van der Waals surface area contributed by atoms with Crippen LogP contribution in [0.15, 0.2) is 18.2 Å². The average Bonchev–Trinajstić information content (AvgIpc) is 2.98. The number of nitrogens with zero attached hydrogens (tertiary/aromatic N) is 2. The first-order valence-corrected chi connectivity index (χ1v) is 6.99. The van der Waals surface area contributed by atoms with Crippen molar-refractivity contribution in [2.24, 2.45) is 0 Å². The quantitative estimate of drug-likeness (QED) is 0.616. The van der Waals surface area contributed by atoms with E-state index in [0.717, 1.165) is 13.1 Å². The average molecular weight is 293 g/mol. The van der Waals surface area contributed by atoms with Gasteiger partial charge in [0.2, 0.25) is 0 Å². The van der Waals surface area contributed by atoms with Crippen LogP contribution in [-0.4, -0.2) is 46.6 Å². The van der Waals surface area contributed by atoms with Crippen molar-refractivity contribution in [1.82, 2.24) is 4.90 Å². The zero-order valence-corrected chi connectivity index (χ0v) is 11.9. The number of carboxylic acid groups (broad SMARTS) is 1. The molecular weight excluding hydrogens is 274 g/mol. The highest BCUT2D eigenvalue weighted by Gasteiger charge is 2.25. The number of hydrogen-bond acceptors (Lipinski definition) is 5. The summed E-state index contributed by atoms with van der Waals surface area (Å²) in [6.07, 6.45) is 2.36. The van der Waals surface area contributed by atoms with Crippen molar-refractivity contribution in [3.05, 3.63) is 33.9 Å². The molecule has 0 amide bonds. The molecule has 0 saturated carbocycles. The Balaban J connectivity index is 2.13. The van der Waals surface area contributed by atoms with Gasteiger partial charge < -0.3 is 10.4 Å². The fraction of sp³-hybridized carbons (Fsp3) is 0.500. The molecule has 0 spiro atoms. The molecule has 2 N–H and O–H groups in total. The first-order chi connectivity index (χ1) is 10.0. The molecule has 1 aliphatic heterocycles. The molecule has 1 saturated heterocycles. The molecule has 0 radical (unpaired) electrons. The first kappa shape index (κ1) is 15.2. The number of para-hydroxylation sites is 1. The van der Waals surface area contributed by atoms with Gasteiger partial charge in [-0.25, -0.2) is 4.79 Å². The lowest BCUT2D eigenvalue weighted by atomic mass is 10.1. The van der Waals surface area contributed by atoms with E-state index in [1.807, 2.05) is 0 Å². The minimum absolute atomic E-state index is 0.251. The van der Waals surface area contributed by atoms with Gasteiger partial charge in [0.1, 0.15) is 11.3 Å². The number of aromatic carboxylic acids is 1. The maximum atomic E-state index is 11.1. The summed E-state index contributed by atoms with van der Waals surface area (Å²) in [5.41, 5.74) is -0.414. The van der Waals surface area contributed by atoms with Gasteiger partial charge in [0.25, 0.3) is 0 Å². The molecule has 1 aromatic rings. The number of nitrogens with one attached hydrogen (secondary N) is 1. The van der Waals surface area contributed by atoms with E-state index in [1.165, 1.54) is 25.0 Å². The lowest BCUT2D eigenvalue weighted by Gasteiger charge is -2.24. The van der Waals surface area contributed by atoms with E-state index in [9.17, 15) is 14.9 Å². The van der Waals surface area contributed by atoms with E-state index in [2.05, 4.69) is 17.1 Å². The summed E-state index contributed by atoms with van der Waals surface area (Å²) in [7, 11) is 0. The van der Waals surface area contributed by atoms with Crippen LogP contribution in [-0.2, 0) is 0 Å². The second-order valence-electron chi connectivity index (χ2n) is 5.24. The number of benzene rings is 1. The lowest BCUT2D eigenvalue weighted by molar-refractivity contribution is -0.384. The topological polar surface area (TPSA) is 95.7 Å². The Morgan fingerprint density at radius 3 is 2.71 bits per heavy atom. The van der Waals surface area contributed by atoms with Crippen molar-refractivity contribution in [2.75, 3.05) is 25.0 Å². The Kier molecular flexibility index (Phi) is 4.74. The van der Waals surface area contributed by atoms with E-state index < -0.39 is 10.9 Å². The summed E-state index contributed by atoms with van der Waals surface area (Å²) in [4.78, 5) is 23.9. The molecule has 2 rings (SSSR count). The van der Waals surface area contributed by atoms with Crippen LogP contribution < -0.4 is 5.32 Å². The number of nitro groups is 1. The van der Waals surface area contributed by atoms with Crippen molar-refractivity contribution in [3.63, 3.8) is 0 Å². The molecule has 114 valence electrons. The highest BCUT2D eigenvalue weighted by molar-refractivity contribution is 5.95. The number of nitro benzene ring substituents is 1. The van der Waals surface area contributed by atoms with Crippen LogP contribution in [0.4, 0.5) is 11.4 Å². The molecule has 0 bridgehead atoms. The van der Waals surface area contributed by atoms with Gasteiger partial charge >= 0.3 is 11.7 Å². The Hall–Kier alpha value is -2.15. The van der Waals surface area contributed by atoms with Crippen LogP contribution in [0, 0.1) is 10.1 Å². The third kappa shape index (κ3) is 3.49. The lowest BCUT2D eigenvalue weighted by Crippen LogP contribution is -2.35. The SMILES string of the molecule is CC(CNc1cccc(C(=O)O)c1[N+](=O)[O-])N1CCCC1. The fourth-order valence-electron chi connectivity index (χ4n) is 2.62. The number of carboxylic acids is 1. The van der Waals surface area contributed by atoms with Crippen LogP contribution >= 0.6 is 0 Å². The molecule has 0 aromatic heterocycles. The molecule has 21 heavy (non-hydrogen) atoms. The van der Waals surface area contributed by atoms with E-state index in [0.29, 0.717) is 6.54 Å². The van der Waals surface area contributed by atoms with Crippen molar-refractivity contribution >= 4 is 17.3 Å². The summed E-state index contributed by atoms with van der Waals surface area (Å²) < 4.78 is 0. The van der Waals surface area contributed by atoms with Crippen LogP contribution in [0.25, 0.3) is 0 Å². The molecule has 7 nitrogen and oxygen atoms in total. The second kappa shape index (κ2) is 6.53. The third-order valence-electron chi connectivity index (χ3n) is 3.80. The zero-order valence-electron chi connectivity index (χ0n) is 11.9. The summed E-state index contributed by atoms with van der Waals surface area (Å²) in [6.45, 7) is 4.69. The van der Waals surface area contributed by atoms with Crippen LogP contribution in [0.5, 0.6) is 0 Å². The number of carbonyl (C=O) groups is 1. The smallest absolute Gasteiger partial charge is 0.342 e. The largest absolute Gasteiger partial charge is 0.477 e. The Morgan fingerprint density at radius 2 is 2.14 bits per heavy atom. The molecular formula is C14H19N3O4. The van der Waals surface area contributed by atoms with Gasteiger partial charge in [-0.15, -0.1) is 0 Å². The van der Waals surface area contributed by atoms with Crippen LogP contribution in [0.1, 0.15) is 30.1 Å². The fourth-order valence-corrected chi connectivity index (χ4v) is 2.62. The summed E-state index contributed by atoms with van der Waals surface area (Å²) in [5, 5.41) is 23.2. The van der Waals surface area contributed by atoms with Gasteiger partial charge in [-0.3, -0.25) is 15.0 Å². The van der Waals surface area contributed by atoms with E-state index >= 15 is 0 Å². The van der Waals surface area contributed by atoms with Crippen LogP contribution in [0.2, 0.25) is 0 Å². The van der Waals surface area contributed by atoms with E-state index in [1.54, 1.807) is 6.07 Å². The highest BCUT2D eigenvalue weighted by Crippen LogP contribution is 2.28. The first-order valence-electron chi connectivity index (χ1n) is 6.99. The zero-order chi connectivity index (χ0) is 15.4. The predicted molar refractivity (Wildman–Crippen MR) is 78.8 cm³/mol. The minimum Gasteiger partial charge on any atom is -0.477 e.